The molecule has 0 heterocycles. The van der Waals surface area contributed by atoms with Crippen molar-refractivity contribution in [3.63, 3.8) is 0 Å². The standard InChI is InChI=1S/C10H16N2O4S/c1-12(15-2)17(13,14)8-7-16-10-6-4-3-5-9(10)11/h3-6H,7-8,11H2,1-2H3. The van der Waals surface area contributed by atoms with Crippen LogP contribution in [0.1, 0.15) is 0 Å². The largest absolute Gasteiger partial charge is 0.490 e. The minimum atomic E-state index is -3.45. The summed E-state index contributed by atoms with van der Waals surface area (Å²) in [6.45, 7) is 0.0181. The van der Waals surface area contributed by atoms with E-state index >= 15 is 0 Å². The molecule has 0 saturated carbocycles. The highest BCUT2D eigenvalue weighted by Crippen LogP contribution is 2.19. The predicted octanol–water partition coefficient (Wildman–Crippen LogP) is 0.471. The molecule has 0 aromatic heterocycles. The maximum absolute atomic E-state index is 11.5. The Morgan fingerprint density at radius 3 is 2.59 bits per heavy atom. The quantitative estimate of drug-likeness (QED) is 0.594. The molecule has 17 heavy (non-hydrogen) atoms. The molecule has 0 saturated heterocycles. The molecular weight excluding hydrogens is 244 g/mol. The molecule has 0 spiro atoms. The van der Waals surface area contributed by atoms with Crippen LogP contribution in [0.5, 0.6) is 5.75 Å². The maximum atomic E-state index is 11.5. The molecule has 0 bridgehead atoms. The Hall–Kier alpha value is -1.31. The second-order valence-corrected chi connectivity index (χ2v) is 5.38. The van der Waals surface area contributed by atoms with Crippen LogP contribution in [-0.4, -0.2) is 39.4 Å². The lowest BCUT2D eigenvalue weighted by Gasteiger charge is -2.14. The van der Waals surface area contributed by atoms with Crippen LogP contribution < -0.4 is 10.5 Å². The molecule has 0 atom stereocenters. The van der Waals surface area contributed by atoms with Crippen molar-refractivity contribution in [3.8, 4) is 5.75 Å². The summed E-state index contributed by atoms with van der Waals surface area (Å²) >= 11 is 0. The third-order valence-electron chi connectivity index (χ3n) is 2.17. The van der Waals surface area contributed by atoms with E-state index in [-0.39, 0.29) is 12.4 Å². The zero-order valence-corrected chi connectivity index (χ0v) is 10.6. The molecule has 0 aliphatic heterocycles. The van der Waals surface area contributed by atoms with Gasteiger partial charge in [0.1, 0.15) is 18.1 Å². The van der Waals surface area contributed by atoms with Gasteiger partial charge in [-0.25, -0.2) is 8.42 Å². The van der Waals surface area contributed by atoms with Gasteiger partial charge in [-0.05, 0) is 12.1 Å². The fraction of sp³-hybridized carbons (Fsp3) is 0.400. The van der Waals surface area contributed by atoms with Crippen LogP contribution in [0.15, 0.2) is 24.3 Å². The molecule has 6 nitrogen and oxygen atoms in total. The molecule has 1 aromatic carbocycles. The highest BCUT2D eigenvalue weighted by Gasteiger charge is 2.17. The van der Waals surface area contributed by atoms with Gasteiger partial charge in [0.2, 0.25) is 10.0 Å². The van der Waals surface area contributed by atoms with Gasteiger partial charge in [-0.2, -0.15) is 0 Å². The van der Waals surface area contributed by atoms with E-state index in [1.807, 2.05) is 0 Å². The maximum Gasteiger partial charge on any atom is 0.239 e. The first-order valence-electron chi connectivity index (χ1n) is 4.95. The lowest BCUT2D eigenvalue weighted by atomic mass is 10.3. The monoisotopic (exact) mass is 260 g/mol. The summed E-state index contributed by atoms with van der Waals surface area (Å²) in [6.07, 6.45) is 0. The molecule has 0 aliphatic carbocycles. The number of sulfonamides is 1. The summed E-state index contributed by atoms with van der Waals surface area (Å²) in [4.78, 5) is 4.61. The Labute approximate surface area is 101 Å². The Kier molecular flexibility index (Phi) is 4.73. The first-order chi connectivity index (χ1) is 7.97. The number of nitrogens with zero attached hydrogens (tertiary/aromatic N) is 1. The Bertz CT molecular complexity index is 461. The topological polar surface area (TPSA) is 81.9 Å². The number of anilines is 1. The van der Waals surface area contributed by atoms with Gasteiger partial charge in [-0.1, -0.05) is 16.6 Å². The molecule has 0 aliphatic rings. The number of nitrogens with two attached hydrogens (primary N) is 1. The number of hydroxylamine groups is 1. The Morgan fingerprint density at radius 1 is 1.35 bits per heavy atom. The number of ether oxygens (including phenoxy) is 1. The summed E-state index contributed by atoms with van der Waals surface area (Å²) in [5, 5.41) is 0. The van der Waals surface area contributed by atoms with Crippen molar-refractivity contribution in [1.29, 1.82) is 0 Å². The van der Waals surface area contributed by atoms with Crippen LogP contribution >= 0.6 is 0 Å². The van der Waals surface area contributed by atoms with Gasteiger partial charge in [-0.15, -0.1) is 0 Å². The lowest BCUT2D eigenvalue weighted by Crippen LogP contribution is -2.30. The van der Waals surface area contributed by atoms with E-state index in [4.69, 9.17) is 10.5 Å². The highest BCUT2D eigenvalue weighted by molar-refractivity contribution is 7.88. The summed E-state index contributed by atoms with van der Waals surface area (Å²) < 4.78 is 29.1. The second kappa shape index (κ2) is 5.85. The van der Waals surface area contributed by atoms with Crippen LogP contribution in [0.4, 0.5) is 5.69 Å². The lowest BCUT2D eigenvalue weighted by molar-refractivity contribution is -0.0260. The zero-order chi connectivity index (χ0) is 12.9. The molecule has 96 valence electrons. The average Bonchev–Trinajstić information content (AvgIpc) is 2.30. The minimum absolute atomic E-state index is 0.0181. The number of rotatable bonds is 6. The van der Waals surface area contributed by atoms with Crippen molar-refractivity contribution in [2.75, 3.05) is 32.3 Å². The zero-order valence-electron chi connectivity index (χ0n) is 9.79. The highest BCUT2D eigenvalue weighted by atomic mass is 32.2. The van der Waals surface area contributed by atoms with Gasteiger partial charge in [0.05, 0.1) is 12.8 Å². The van der Waals surface area contributed by atoms with E-state index in [1.165, 1.54) is 14.2 Å². The number of nitrogen functional groups attached to an aromatic ring is 1. The molecule has 7 heteroatoms. The van der Waals surface area contributed by atoms with E-state index in [1.54, 1.807) is 24.3 Å². The summed E-state index contributed by atoms with van der Waals surface area (Å²) in [7, 11) is -0.837. The molecule has 0 amide bonds. The third-order valence-corrected chi connectivity index (χ3v) is 3.78. The van der Waals surface area contributed by atoms with Crippen molar-refractivity contribution < 1.29 is 18.0 Å². The van der Waals surface area contributed by atoms with Gasteiger partial charge >= 0.3 is 0 Å². The molecule has 0 unspecified atom stereocenters. The summed E-state index contributed by atoms with van der Waals surface area (Å²) in [6, 6.07) is 6.91. The van der Waals surface area contributed by atoms with Crippen LogP contribution in [-0.2, 0) is 14.9 Å². The van der Waals surface area contributed by atoms with Gasteiger partial charge in [0, 0.05) is 7.05 Å². The molecule has 0 radical (unpaired) electrons. The van der Waals surface area contributed by atoms with Gasteiger partial charge in [-0.3, -0.25) is 4.84 Å². The van der Waals surface area contributed by atoms with Crippen LogP contribution in [0.3, 0.4) is 0 Å². The molecule has 1 rings (SSSR count). The minimum Gasteiger partial charge on any atom is -0.490 e. The second-order valence-electron chi connectivity index (χ2n) is 3.29. The van der Waals surface area contributed by atoms with E-state index in [0.717, 1.165) is 4.47 Å². The first kappa shape index (κ1) is 13.8. The number of hydrogen-bond acceptors (Lipinski definition) is 5. The van der Waals surface area contributed by atoms with Gasteiger partial charge in [0.25, 0.3) is 0 Å². The number of para-hydroxylation sites is 2. The van der Waals surface area contributed by atoms with Gasteiger partial charge < -0.3 is 10.5 Å². The van der Waals surface area contributed by atoms with E-state index in [9.17, 15) is 8.42 Å². The van der Waals surface area contributed by atoms with Crippen molar-refractivity contribution in [2.24, 2.45) is 0 Å². The van der Waals surface area contributed by atoms with E-state index < -0.39 is 10.0 Å². The fourth-order valence-electron chi connectivity index (χ4n) is 1.11. The smallest absolute Gasteiger partial charge is 0.239 e. The van der Waals surface area contributed by atoms with Crippen LogP contribution in [0, 0.1) is 0 Å². The SMILES string of the molecule is CON(C)S(=O)(=O)CCOc1ccccc1N. The normalized spacial score (nSPS) is 11.7. The average molecular weight is 260 g/mol. The van der Waals surface area contributed by atoms with Crippen LogP contribution in [0.2, 0.25) is 0 Å². The number of hydrogen-bond donors (Lipinski definition) is 1. The fourth-order valence-corrected chi connectivity index (χ4v) is 1.89. The van der Waals surface area contributed by atoms with E-state index in [2.05, 4.69) is 4.84 Å². The van der Waals surface area contributed by atoms with Crippen molar-refractivity contribution in [3.05, 3.63) is 24.3 Å². The predicted molar refractivity (Wildman–Crippen MR) is 64.9 cm³/mol. The number of benzene rings is 1. The van der Waals surface area contributed by atoms with Crippen LogP contribution in [0.25, 0.3) is 0 Å². The van der Waals surface area contributed by atoms with Gasteiger partial charge in [0.15, 0.2) is 0 Å². The van der Waals surface area contributed by atoms with Crippen molar-refractivity contribution >= 4 is 15.7 Å². The molecular formula is C10H16N2O4S. The summed E-state index contributed by atoms with van der Waals surface area (Å²) in [5.74, 6) is 0.300. The third kappa shape index (κ3) is 3.88. The molecule has 1 aromatic rings. The summed E-state index contributed by atoms with van der Waals surface area (Å²) in [5.41, 5.74) is 6.12. The Morgan fingerprint density at radius 2 is 2.00 bits per heavy atom. The molecule has 2 N–H and O–H groups in total. The van der Waals surface area contributed by atoms with Crippen molar-refractivity contribution in [1.82, 2.24) is 4.47 Å². The molecule has 0 fully saturated rings. The van der Waals surface area contributed by atoms with Crippen molar-refractivity contribution in [2.45, 2.75) is 0 Å². The van der Waals surface area contributed by atoms with E-state index in [0.29, 0.717) is 11.4 Å². The first-order valence-corrected chi connectivity index (χ1v) is 6.56. The Balaban J connectivity index is 2.52.